The summed E-state index contributed by atoms with van der Waals surface area (Å²) in [6, 6.07) is 17.1. The molecular formula is C38H36F2N4O4. The number of aliphatic carboxylic acids is 1. The number of hydrogen-bond acceptors (Lipinski definition) is 5. The lowest BCUT2D eigenvalue weighted by molar-refractivity contribution is -0.136. The molecule has 8 nitrogen and oxygen atoms in total. The quantitative estimate of drug-likeness (QED) is 0.197. The van der Waals surface area contributed by atoms with E-state index in [2.05, 4.69) is 23.8 Å². The molecule has 4 heterocycles. The zero-order valence-corrected chi connectivity index (χ0v) is 26.8. The molecule has 0 fully saturated rings. The second-order valence-corrected chi connectivity index (χ2v) is 13.1. The van der Waals surface area contributed by atoms with Gasteiger partial charge in [0.05, 0.1) is 17.9 Å². The van der Waals surface area contributed by atoms with Crippen LogP contribution in [0.4, 0.5) is 8.78 Å². The van der Waals surface area contributed by atoms with Gasteiger partial charge in [0, 0.05) is 58.7 Å². The number of aryl methyl sites for hydroxylation is 1. The normalized spacial score (nSPS) is 16.4. The number of H-pyrrole nitrogens is 1. The number of halogens is 2. The predicted molar refractivity (Wildman–Crippen MR) is 177 cm³/mol. The van der Waals surface area contributed by atoms with Gasteiger partial charge in [-0.15, -0.1) is 0 Å². The third-order valence-electron chi connectivity index (χ3n) is 9.20. The minimum Gasteiger partial charge on any atom is -0.481 e. The number of carboxylic acid groups (broad SMARTS) is 1. The van der Waals surface area contributed by atoms with Crippen LogP contribution in [-0.2, 0) is 23.1 Å². The average Bonchev–Trinajstić information content (AvgIpc) is 3.84. The second-order valence-electron chi connectivity index (χ2n) is 13.1. The third-order valence-corrected chi connectivity index (χ3v) is 9.20. The molecule has 6 bridgehead atoms. The molecule has 0 aliphatic carbocycles. The lowest BCUT2D eigenvalue weighted by Gasteiger charge is -2.22. The zero-order valence-electron chi connectivity index (χ0n) is 26.8. The van der Waals surface area contributed by atoms with E-state index in [9.17, 15) is 9.90 Å². The van der Waals surface area contributed by atoms with Gasteiger partial charge in [-0.25, -0.2) is 13.8 Å². The van der Waals surface area contributed by atoms with Gasteiger partial charge in [0.25, 0.3) is 0 Å². The van der Waals surface area contributed by atoms with Crippen molar-refractivity contribution in [2.75, 3.05) is 0 Å². The first-order chi connectivity index (χ1) is 23.1. The van der Waals surface area contributed by atoms with E-state index in [0.29, 0.717) is 34.8 Å². The molecule has 0 amide bonds. The van der Waals surface area contributed by atoms with Gasteiger partial charge in [0.1, 0.15) is 17.3 Å². The molecule has 1 unspecified atom stereocenters. The first kappa shape index (κ1) is 31.4. The Labute approximate surface area is 276 Å². The van der Waals surface area contributed by atoms with Gasteiger partial charge in [-0.1, -0.05) is 51.0 Å². The summed E-state index contributed by atoms with van der Waals surface area (Å²) in [6.45, 7) is 4.22. The number of aromatic amines is 1. The molecule has 48 heavy (non-hydrogen) atoms. The van der Waals surface area contributed by atoms with E-state index in [1.165, 1.54) is 24.3 Å². The number of oxazole rings is 1. The maximum Gasteiger partial charge on any atom is 0.303 e. The average molecular weight is 651 g/mol. The Hall–Kier alpha value is -5.25. The largest absolute Gasteiger partial charge is 0.481 e. The zero-order chi connectivity index (χ0) is 33.4. The highest BCUT2D eigenvalue weighted by Gasteiger charge is 2.28. The lowest BCUT2D eigenvalue weighted by Crippen LogP contribution is -2.18. The van der Waals surface area contributed by atoms with E-state index in [4.69, 9.17) is 14.3 Å². The van der Waals surface area contributed by atoms with Crippen LogP contribution in [0.15, 0.2) is 83.7 Å². The van der Waals surface area contributed by atoms with E-state index >= 15 is 8.78 Å². The first-order valence-corrected chi connectivity index (χ1v) is 16.2. The summed E-state index contributed by atoms with van der Waals surface area (Å²) in [4.78, 5) is 19.0. The highest BCUT2D eigenvalue weighted by molar-refractivity contribution is 5.86. The number of carboxylic acids is 1. The van der Waals surface area contributed by atoms with Crippen LogP contribution < -0.4 is 4.74 Å². The number of fused-ring (bicyclic) bond motifs is 10. The van der Waals surface area contributed by atoms with Gasteiger partial charge >= 0.3 is 5.97 Å². The Morgan fingerprint density at radius 2 is 1.96 bits per heavy atom. The SMILES string of the molecule is CC1(C)CCCCC(c2cccc(CCC(=O)O)c2)n2ccc(n2)-c2cc(ccc2F)Oc2c(F)cc3[nH]ccc3c2Cc2cnc1o2. The Balaban J connectivity index is 1.32. The number of nitrogens with one attached hydrogen (secondary N) is 1. The Morgan fingerprint density at radius 1 is 1.08 bits per heavy atom. The Bertz CT molecular complexity index is 2110. The van der Waals surface area contributed by atoms with Crippen molar-refractivity contribution < 1.29 is 27.8 Å². The molecule has 7 rings (SSSR count). The number of nitrogens with zero attached hydrogens (tertiary/aromatic N) is 3. The van der Waals surface area contributed by atoms with Gasteiger partial charge in [-0.3, -0.25) is 9.48 Å². The molecule has 10 heteroatoms. The van der Waals surface area contributed by atoms with E-state index < -0.39 is 17.6 Å². The van der Waals surface area contributed by atoms with Crippen LogP contribution in [0, 0.1) is 11.6 Å². The van der Waals surface area contributed by atoms with Crippen molar-refractivity contribution in [3.63, 3.8) is 0 Å². The molecule has 1 aliphatic rings. The van der Waals surface area contributed by atoms with Gasteiger partial charge in [-0.2, -0.15) is 5.10 Å². The van der Waals surface area contributed by atoms with Crippen molar-refractivity contribution in [1.29, 1.82) is 0 Å². The summed E-state index contributed by atoms with van der Waals surface area (Å²) in [7, 11) is 0. The van der Waals surface area contributed by atoms with Crippen molar-refractivity contribution in [1.82, 2.24) is 19.7 Å². The van der Waals surface area contributed by atoms with Gasteiger partial charge in [-0.05, 0) is 60.7 Å². The fraction of sp³-hybridized carbons (Fsp3) is 0.289. The van der Waals surface area contributed by atoms with E-state index in [1.54, 1.807) is 18.5 Å². The van der Waals surface area contributed by atoms with Crippen molar-refractivity contribution in [3.05, 3.63) is 119 Å². The standard InChI is InChI=1S/C38H36F2N4O4/c1-38(2)15-4-3-8-34(24-7-5-6-23(18-24)9-12-35(45)46)44-17-14-32(43-44)29-19-25(10-11-30(29)39)47-36-28(20-26-22-42-37(38)48-26)27-13-16-41-33(27)21-31(36)40/h5-7,10-11,13-14,16-19,21-22,34,41H,3-4,8-9,12,15,20H2,1-2H3,(H,45,46). The molecule has 6 aromatic rings. The minimum atomic E-state index is -0.845. The monoisotopic (exact) mass is 650 g/mol. The summed E-state index contributed by atoms with van der Waals surface area (Å²) < 4.78 is 45.5. The number of aromatic nitrogens is 4. The smallest absolute Gasteiger partial charge is 0.303 e. The van der Waals surface area contributed by atoms with Crippen LogP contribution >= 0.6 is 0 Å². The molecule has 246 valence electrons. The molecule has 3 aromatic heterocycles. The van der Waals surface area contributed by atoms with E-state index in [1.807, 2.05) is 41.2 Å². The van der Waals surface area contributed by atoms with Crippen LogP contribution in [0.25, 0.3) is 22.2 Å². The predicted octanol–water partition coefficient (Wildman–Crippen LogP) is 9.14. The van der Waals surface area contributed by atoms with E-state index in [0.717, 1.165) is 42.2 Å². The third kappa shape index (κ3) is 6.34. The summed E-state index contributed by atoms with van der Waals surface area (Å²) in [5.74, 6) is -0.400. The van der Waals surface area contributed by atoms with Crippen LogP contribution in [0.1, 0.15) is 80.3 Å². The Kier molecular flexibility index (Phi) is 8.33. The highest BCUT2D eigenvalue weighted by atomic mass is 19.1. The minimum absolute atomic E-state index is 0.0307. The molecule has 3 aromatic carbocycles. The molecular weight excluding hydrogens is 614 g/mol. The summed E-state index contributed by atoms with van der Waals surface area (Å²) in [5.41, 5.74) is 3.43. The number of benzene rings is 3. The van der Waals surface area contributed by atoms with Crippen LogP contribution in [0.5, 0.6) is 11.5 Å². The maximum atomic E-state index is 15.7. The second kappa shape index (κ2) is 12.7. The lowest BCUT2D eigenvalue weighted by atomic mass is 9.86. The Morgan fingerprint density at radius 3 is 2.81 bits per heavy atom. The highest BCUT2D eigenvalue weighted by Crippen LogP contribution is 2.39. The van der Waals surface area contributed by atoms with Crippen LogP contribution in [0.2, 0.25) is 0 Å². The summed E-state index contributed by atoms with van der Waals surface area (Å²) in [5, 5.41) is 14.9. The molecule has 0 saturated carbocycles. The van der Waals surface area contributed by atoms with Crippen molar-refractivity contribution >= 4 is 16.9 Å². The molecule has 1 aliphatic heterocycles. The topological polar surface area (TPSA) is 106 Å². The van der Waals surface area contributed by atoms with Gasteiger partial charge < -0.3 is 19.2 Å². The molecule has 0 radical (unpaired) electrons. The van der Waals surface area contributed by atoms with E-state index in [-0.39, 0.29) is 41.4 Å². The molecule has 2 N–H and O–H groups in total. The van der Waals surface area contributed by atoms with Crippen molar-refractivity contribution in [2.45, 2.75) is 70.3 Å². The first-order valence-electron chi connectivity index (χ1n) is 16.2. The molecule has 1 atom stereocenters. The fourth-order valence-electron chi connectivity index (χ4n) is 6.59. The fourth-order valence-corrected chi connectivity index (χ4v) is 6.59. The maximum absolute atomic E-state index is 15.7. The van der Waals surface area contributed by atoms with Crippen molar-refractivity contribution in [3.8, 4) is 22.8 Å². The summed E-state index contributed by atoms with van der Waals surface area (Å²) >= 11 is 0. The number of hydrogen-bond donors (Lipinski definition) is 2. The summed E-state index contributed by atoms with van der Waals surface area (Å²) in [6.07, 6.45) is 9.31. The number of carbonyl (C=O) groups is 1. The molecule has 0 saturated heterocycles. The van der Waals surface area contributed by atoms with Crippen LogP contribution in [0.3, 0.4) is 0 Å². The number of ether oxygens (including phenoxy) is 1. The van der Waals surface area contributed by atoms with Gasteiger partial charge in [0.15, 0.2) is 17.5 Å². The van der Waals surface area contributed by atoms with Crippen LogP contribution in [-0.4, -0.2) is 30.8 Å². The van der Waals surface area contributed by atoms with Gasteiger partial charge in [0.2, 0.25) is 0 Å². The molecule has 0 spiro atoms. The number of rotatable bonds is 4. The van der Waals surface area contributed by atoms with Crippen molar-refractivity contribution in [2.24, 2.45) is 0 Å².